The van der Waals surface area contributed by atoms with Crippen molar-refractivity contribution in [1.29, 1.82) is 0 Å². The highest BCUT2D eigenvalue weighted by Gasteiger charge is 2.11. The van der Waals surface area contributed by atoms with Gasteiger partial charge in [-0.15, -0.1) is 0 Å². The minimum Gasteiger partial charge on any atom is -0.504 e. The number of nitrogens with zero attached hydrogens (tertiary/aromatic N) is 1. The molecule has 0 aliphatic heterocycles. The van der Waals surface area contributed by atoms with Crippen LogP contribution in [-0.4, -0.2) is 10.1 Å². The zero-order valence-corrected chi connectivity index (χ0v) is 12.8. The van der Waals surface area contributed by atoms with Crippen molar-refractivity contribution < 1.29 is 9.50 Å². The van der Waals surface area contributed by atoms with Crippen molar-refractivity contribution in [1.82, 2.24) is 4.98 Å². The molecule has 0 fully saturated rings. The maximum Gasteiger partial charge on any atom is 0.160 e. The van der Waals surface area contributed by atoms with Crippen LogP contribution < -0.4 is 5.32 Å². The number of hydrogen-bond donors (Lipinski definition) is 2. The fourth-order valence-electron chi connectivity index (χ4n) is 2.10. The van der Waals surface area contributed by atoms with Crippen LogP contribution in [0.25, 0.3) is 10.9 Å². The summed E-state index contributed by atoms with van der Waals surface area (Å²) in [6.45, 7) is 0.422. The first-order valence-corrected chi connectivity index (χ1v) is 7.26. The van der Waals surface area contributed by atoms with Crippen LogP contribution in [-0.2, 0) is 6.54 Å². The van der Waals surface area contributed by atoms with E-state index >= 15 is 0 Å². The molecule has 1 aromatic heterocycles. The maximum atomic E-state index is 12.9. The molecule has 0 amide bonds. The number of hydrogen-bond acceptors (Lipinski definition) is 3. The molecule has 22 heavy (non-hydrogen) atoms. The van der Waals surface area contributed by atoms with Crippen LogP contribution in [0.4, 0.5) is 10.1 Å². The summed E-state index contributed by atoms with van der Waals surface area (Å²) in [4.78, 5) is 4.37. The molecule has 0 saturated heterocycles. The fraction of sp³-hybridized carbons (Fsp3) is 0.0625. The van der Waals surface area contributed by atoms with E-state index in [4.69, 9.17) is 23.2 Å². The van der Waals surface area contributed by atoms with Crippen LogP contribution >= 0.6 is 23.2 Å². The number of halogens is 3. The lowest BCUT2D eigenvalue weighted by atomic mass is 10.2. The van der Waals surface area contributed by atoms with Gasteiger partial charge in [-0.1, -0.05) is 23.2 Å². The Morgan fingerprint density at radius 2 is 1.77 bits per heavy atom. The number of benzene rings is 2. The summed E-state index contributed by atoms with van der Waals surface area (Å²) in [5.41, 5.74) is 1.83. The Labute approximate surface area is 136 Å². The molecule has 6 heteroatoms. The summed E-state index contributed by atoms with van der Waals surface area (Å²) in [6, 6.07) is 11.1. The Balaban J connectivity index is 1.88. The van der Waals surface area contributed by atoms with E-state index in [0.717, 1.165) is 5.69 Å². The third-order valence-electron chi connectivity index (χ3n) is 3.23. The number of anilines is 1. The first kappa shape index (κ1) is 14.9. The van der Waals surface area contributed by atoms with Gasteiger partial charge in [0.05, 0.1) is 22.3 Å². The zero-order valence-electron chi connectivity index (χ0n) is 11.3. The van der Waals surface area contributed by atoms with Gasteiger partial charge in [0.1, 0.15) is 11.3 Å². The van der Waals surface area contributed by atoms with E-state index in [1.165, 1.54) is 18.2 Å². The van der Waals surface area contributed by atoms with Crippen molar-refractivity contribution in [3.8, 4) is 5.75 Å². The van der Waals surface area contributed by atoms with Crippen LogP contribution in [0.2, 0.25) is 10.0 Å². The molecule has 2 N–H and O–H groups in total. The molecule has 1 heterocycles. The van der Waals surface area contributed by atoms with Crippen LogP contribution in [0.15, 0.2) is 42.5 Å². The smallest absolute Gasteiger partial charge is 0.160 e. The fourth-order valence-corrected chi connectivity index (χ4v) is 2.62. The quantitative estimate of drug-likeness (QED) is 0.707. The third kappa shape index (κ3) is 2.93. The molecular formula is C16H11Cl2FN2O. The predicted molar refractivity (Wildman–Crippen MR) is 87.2 cm³/mol. The number of rotatable bonds is 3. The van der Waals surface area contributed by atoms with Crippen molar-refractivity contribution in [2.45, 2.75) is 6.54 Å². The summed E-state index contributed by atoms with van der Waals surface area (Å²) < 4.78 is 12.9. The molecule has 0 bridgehead atoms. The van der Waals surface area contributed by atoms with E-state index < -0.39 is 0 Å². The number of pyridine rings is 1. The van der Waals surface area contributed by atoms with Gasteiger partial charge in [0, 0.05) is 11.1 Å². The summed E-state index contributed by atoms with van der Waals surface area (Å²) in [5.74, 6) is -0.381. The van der Waals surface area contributed by atoms with Gasteiger partial charge < -0.3 is 10.4 Å². The average Bonchev–Trinajstić information content (AvgIpc) is 2.52. The summed E-state index contributed by atoms with van der Waals surface area (Å²) >= 11 is 12.0. The highest BCUT2D eigenvalue weighted by Crippen LogP contribution is 2.36. The molecule has 0 aliphatic carbocycles. The lowest BCUT2D eigenvalue weighted by Crippen LogP contribution is -2.01. The molecular weight excluding hydrogens is 326 g/mol. The Kier molecular flexibility index (Phi) is 4.05. The standard InChI is InChI=1S/C16H11Cl2FN2O/c17-13-7-14(18)16(22)15-12(13)6-5-11(21-15)8-20-10-3-1-9(19)2-4-10/h1-7,20,22H,8H2. The largest absolute Gasteiger partial charge is 0.504 e. The molecule has 0 atom stereocenters. The maximum absolute atomic E-state index is 12.9. The summed E-state index contributed by atoms with van der Waals surface area (Å²) in [6.07, 6.45) is 0. The van der Waals surface area contributed by atoms with Gasteiger partial charge in [-0.25, -0.2) is 9.37 Å². The molecule has 0 radical (unpaired) electrons. The van der Waals surface area contributed by atoms with Gasteiger partial charge in [-0.2, -0.15) is 0 Å². The van der Waals surface area contributed by atoms with E-state index in [1.807, 2.05) is 0 Å². The predicted octanol–water partition coefficient (Wildman–Crippen LogP) is 5.00. The lowest BCUT2D eigenvalue weighted by Gasteiger charge is -2.09. The van der Waals surface area contributed by atoms with Gasteiger partial charge in [0.2, 0.25) is 0 Å². The first-order chi connectivity index (χ1) is 10.5. The molecule has 0 unspecified atom stereocenters. The monoisotopic (exact) mass is 336 g/mol. The van der Waals surface area contributed by atoms with Crippen LogP contribution in [0.3, 0.4) is 0 Å². The molecule has 0 spiro atoms. The van der Waals surface area contributed by atoms with E-state index in [1.54, 1.807) is 24.3 Å². The van der Waals surface area contributed by atoms with Gasteiger partial charge >= 0.3 is 0 Å². The molecule has 3 nitrogen and oxygen atoms in total. The second kappa shape index (κ2) is 5.99. The first-order valence-electron chi connectivity index (χ1n) is 6.50. The minimum atomic E-state index is -0.288. The van der Waals surface area contributed by atoms with E-state index in [2.05, 4.69) is 10.3 Å². The normalized spacial score (nSPS) is 10.9. The second-order valence-electron chi connectivity index (χ2n) is 4.75. The SMILES string of the molecule is Oc1c(Cl)cc(Cl)c2ccc(CNc3ccc(F)cc3)nc12. The van der Waals surface area contributed by atoms with Crippen molar-refractivity contribution in [2.24, 2.45) is 0 Å². The Morgan fingerprint density at radius 1 is 1.05 bits per heavy atom. The molecule has 3 aromatic rings. The highest BCUT2D eigenvalue weighted by molar-refractivity contribution is 6.39. The molecule has 0 aliphatic rings. The lowest BCUT2D eigenvalue weighted by molar-refractivity contribution is 0.480. The number of aromatic nitrogens is 1. The summed E-state index contributed by atoms with van der Waals surface area (Å²) in [7, 11) is 0. The number of phenols is 1. The molecule has 0 saturated carbocycles. The van der Waals surface area contributed by atoms with Gasteiger partial charge in [-0.3, -0.25) is 0 Å². The van der Waals surface area contributed by atoms with Crippen molar-refractivity contribution in [2.75, 3.05) is 5.32 Å². The number of fused-ring (bicyclic) bond motifs is 1. The third-order valence-corrected chi connectivity index (χ3v) is 3.83. The van der Waals surface area contributed by atoms with E-state index in [0.29, 0.717) is 28.2 Å². The Hall–Kier alpha value is -2.04. The van der Waals surface area contributed by atoms with Gasteiger partial charge in [-0.05, 0) is 42.5 Å². The minimum absolute atomic E-state index is 0.0929. The second-order valence-corrected chi connectivity index (χ2v) is 5.56. The molecule has 112 valence electrons. The average molecular weight is 337 g/mol. The van der Waals surface area contributed by atoms with Crippen molar-refractivity contribution in [3.63, 3.8) is 0 Å². The van der Waals surface area contributed by atoms with Gasteiger partial charge in [0.25, 0.3) is 0 Å². The van der Waals surface area contributed by atoms with Crippen molar-refractivity contribution >= 4 is 39.8 Å². The topological polar surface area (TPSA) is 45.1 Å². The number of phenolic OH excluding ortho intramolecular Hbond substituents is 1. The Morgan fingerprint density at radius 3 is 2.50 bits per heavy atom. The Bertz CT molecular complexity index is 838. The number of nitrogens with one attached hydrogen (secondary N) is 1. The van der Waals surface area contributed by atoms with Crippen molar-refractivity contribution in [3.05, 3.63) is 64.0 Å². The zero-order chi connectivity index (χ0) is 15.7. The molecule has 3 rings (SSSR count). The van der Waals surface area contributed by atoms with Crippen LogP contribution in [0.1, 0.15) is 5.69 Å². The van der Waals surface area contributed by atoms with Crippen LogP contribution in [0, 0.1) is 5.82 Å². The molecule has 2 aromatic carbocycles. The van der Waals surface area contributed by atoms with E-state index in [-0.39, 0.29) is 16.6 Å². The highest BCUT2D eigenvalue weighted by atomic mass is 35.5. The summed E-state index contributed by atoms with van der Waals surface area (Å²) in [5, 5.41) is 14.4. The van der Waals surface area contributed by atoms with E-state index in [9.17, 15) is 9.50 Å². The van der Waals surface area contributed by atoms with Gasteiger partial charge in [0.15, 0.2) is 5.75 Å². The van der Waals surface area contributed by atoms with Crippen LogP contribution in [0.5, 0.6) is 5.75 Å². The number of aromatic hydroxyl groups is 1.